The van der Waals surface area contributed by atoms with Crippen molar-refractivity contribution in [3.63, 3.8) is 0 Å². The molecule has 6 aliphatic carbocycles. The number of phenolic OH excluding ortho intramolecular Hbond substituents is 4. The quantitative estimate of drug-likeness (QED) is 0.0940. The highest BCUT2D eigenvalue weighted by Crippen LogP contribution is 2.67. The molecule has 0 radical (unpaired) electrons. The first-order valence-corrected chi connectivity index (χ1v) is 30.6. The Kier molecular flexibility index (Phi) is 14.9. The van der Waals surface area contributed by atoms with Gasteiger partial charge in [-0.2, -0.15) is 10.5 Å². The largest absolute Gasteiger partial charge is 0.504 e. The molecule has 4 bridgehead atoms. The molecule has 4 N–H and O–H groups in total. The second kappa shape index (κ2) is 22.1. The molecule has 454 valence electrons. The molecule has 5 aliphatic heterocycles. The van der Waals surface area contributed by atoms with Crippen LogP contribution in [0.4, 0.5) is 0 Å². The molecule has 18 heteroatoms. The van der Waals surface area contributed by atoms with E-state index < -0.39 is 10.8 Å². The van der Waals surface area contributed by atoms with Crippen LogP contribution in [0.15, 0.2) is 24.3 Å². The van der Waals surface area contributed by atoms with Crippen LogP contribution in [0.5, 0.6) is 57.5 Å². The van der Waals surface area contributed by atoms with Crippen molar-refractivity contribution in [2.75, 3.05) is 119 Å². The average Bonchev–Trinajstić information content (AvgIpc) is 0.736. The van der Waals surface area contributed by atoms with Crippen LogP contribution in [0.3, 0.4) is 0 Å². The molecule has 11 aliphatic rings. The van der Waals surface area contributed by atoms with Crippen LogP contribution in [0.1, 0.15) is 142 Å². The fraction of sp³-hybridized carbons (Fsp3) is 0.529. The number of ether oxygens (including phenoxy) is 8. The molecule has 0 amide bonds. The predicted octanol–water partition coefficient (Wildman–Crippen LogP) is 9.24. The van der Waals surface area contributed by atoms with Gasteiger partial charge in [0.25, 0.3) is 0 Å². The number of methoxy groups -OCH3 is 2. The zero-order chi connectivity index (χ0) is 60.2. The number of hydrogen-bond donors (Lipinski definition) is 4. The lowest BCUT2D eigenvalue weighted by Gasteiger charge is -2.55. The minimum absolute atomic E-state index is 0.0595. The van der Waals surface area contributed by atoms with Gasteiger partial charge in [0.1, 0.15) is 23.3 Å². The summed E-state index contributed by atoms with van der Waals surface area (Å²) in [6.45, 7) is 27.0. The van der Waals surface area contributed by atoms with Gasteiger partial charge in [-0.3, -0.25) is 19.6 Å². The summed E-state index contributed by atoms with van der Waals surface area (Å²) in [5.41, 5.74) is 13.4. The monoisotopic (exact) mass is 1170 g/mol. The maximum Gasteiger partial charge on any atom is 0.189 e. The Morgan fingerprint density at radius 2 is 0.791 bits per heavy atom. The van der Waals surface area contributed by atoms with Crippen LogP contribution in [0, 0.1) is 36.5 Å². The Morgan fingerprint density at radius 3 is 1.17 bits per heavy atom. The normalized spacial score (nSPS) is 25.6. The van der Waals surface area contributed by atoms with Gasteiger partial charge in [0.2, 0.25) is 0 Å². The van der Waals surface area contributed by atoms with E-state index in [9.17, 15) is 30.9 Å². The lowest BCUT2D eigenvalue weighted by molar-refractivity contribution is 0.0331. The number of phenols is 4. The van der Waals surface area contributed by atoms with Crippen LogP contribution in [0.25, 0.3) is 0 Å². The Morgan fingerprint density at radius 1 is 0.453 bits per heavy atom. The van der Waals surface area contributed by atoms with Crippen molar-refractivity contribution >= 4 is 0 Å². The molecule has 4 saturated heterocycles. The molecule has 5 aromatic rings. The number of fused-ring (bicyclic) bond motifs is 4. The van der Waals surface area contributed by atoms with E-state index in [0.29, 0.717) is 107 Å². The Labute approximate surface area is 503 Å². The average molecular weight is 1170 g/mol. The summed E-state index contributed by atoms with van der Waals surface area (Å²) in [6.07, 6.45) is 3.60. The van der Waals surface area contributed by atoms with E-state index in [1.54, 1.807) is 26.4 Å². The molecule has 86 heavy (non-hydrogen) atoms. The van der Waals surface area contributed by atoms with E-state index in [-0.39, 0.29) is 33.8 Å². The van der Waals surface area contributed by atoms with Crippen molar-refractivity contribution in [3.05, 3.63) is 113 Å². The molecule has 4 atom stereocenters. The standard InChI is InChI=1S/C40H44N4O6.C28H36N2O6/c1-23-24(2)26(20-42)38-37(25(23)19-41)49-32-18-30-34(28(36(32)50-38)22-44-11-15-48-16-12-44)39(3)7-8-40(30,4)33-27(21-43-9-13-47-14-10-43)35(46-6)31(45-5)17-29(33)39;1-27-3-4-28(2,20-14-22(32)25(33)17(23(20)27)15-29-5-9-35-10-6-29)24-18(16-30-7-11-36-12-8-30)26(34)21(31)13-19(24)27/h17-18H,7-16,21-22H2,1-6H3;13-14,31-34H,3-12,15-16H2,1-2H3. The fourth-order valence-corrected chi connectivity index (χ4v) is 16.4. The van der Waals surface area contributed by atoms with Crippen molar-refractivity contribution in [2.45, 2.75) is 115 Å². The van der Waals surface area contributed by atoms with Crippen LogP contribution in [-0.2, 0) is 66.8 Å². The van der Waals surface area contributed by atoms with Gasteiger partial charge in [-0.05, 0) is 119 Å². The first-order valence-electron chi connectivity index (χ1n) is 30.6. The van der Waals surface area contributed by atoms with Crippen LogP contribution in [-0.4, -0.2) is 159 Å². The summed E-state index contributed by atoms with van der Waals surface area (Å²) in [5, 5.41) is 64.6. The first-order chi connectivity index (χ1) is 41.4. The number of hydrogen-bond acceptors (Lipinski definition) is 18. The number of aromatic hydroxyl groups is 4. The molecule has 16 rings (SSSR count). The van der Waals surface area contributed by atoms with Crippen molar-refractivity contribution in [3.8, 4) is 69.6 Å². The third-order valence-corrected chi connectivity index (χ3v) is 21.3. The predicted molar refractivity (Wildman–Crippen MR) is 320 cm³/mol. The molecule has 0 spiro atoms. The second-order valence-corrected chi connectivity index (χ2v) is 25.9. The van der Waals surface area contributed by atoms with Gasteiger partial charge < -0.3 is 58.3 Å². The van der Waals surface area contributed by atoms with Gasteiger partial charge >= 0.3 is 0 Å². The number of morpholine rings is 4. The van der Waals surface area contributed by atoms with E-state index in [0.717, 1.165) is 152 Å². The maximum atomic E-state index is 11.1. The topological polar surface area (TPSA) is 215 Å². The minimum atomic E-state index is -0.472. The highest BCUT2D eigenvalue weighted by atomic mass is 16.6. The van der Waals surface area contributed by atoms with E-state index in [4.69, 9.17) is 37.9 Å². The molecule has 0 aromatic heterocycles. The highest BCUT2D eigenvalue weighted by Gasteiger charge is 2.57. The maximum absolute atomic E-state index is 11.1. The first kappa shape index (κ1) is 58.2. The van der Waals surface area contributed by atoms with E-state index in [1.165, 1.54) is 22.3 Å². The summed E-state index contributed by atoms with van der Waals surface area (Å²) in [4.78, 5) is 9.37. The molecule has 0 saturated carbocycles. The van der Waals surface area contributed by atoms with Crippen molar-refractivity contribution in [2.24, 2.45) is 0 Å². The van der Waals surface area contributed by atoms with Crippen molar-refractivity contribution < 1.29 is 58.3 Å². The summed E-state index contributed by atoms with van der Waals surface area (Å²) in [7, 11) is 3.45. The Balaban J connectivity index is 0.000000168. The second-order valence-electron chi connectivity index (χ2n) is 25.9. The van der Waals surface area contributed by atoms with Gasteiger partial charge in [-0.1, -0.05) is 27.7 Å². The summed E-state index contributed by atoms with van der Waals surface area (Å²) >= 11 is 0. The van der Waals surface area contributed by atoms with Crippen molar-refractivity contribution in [1.29, 1.82) is 10.5 Å². The lowest BCUT2D eigenvalue weighted by atomic mass is 9.48. The molecule has 5 aromatic carbocycles. The highest BCUT2D eigenvalue weighted by molar-refractivity contribution is 5.77. The van der Waals surface area contributed by atoms with Gasteiger partial charge in [0.05, 0.1) is 67.1 Å². The van der Waals surface area contributed by atoms with Crippen LogP contribution in [0.2, 0.25) is 0 Å². The molecule has 18 nitrogen and oxygen atoms in total. The molecular weight excluding hydrogens is 1090 g/mol. The van der Waals surface area contributed by atoms with Crippen LogP contribution >= 0.6 is 0 Å². The third-order valence-electron chi connectivity index (χ3n) is 21.3. The zero-order valence-corrected chi connectivity index (χ0v) is 51.0. The molecular formula is C68H80N6O12. The van der Waals surface area contributed by atoms with Gasteiger partial charge in [-0.15, -0.1) is 0 Å². The number of rotatable bonds is 10. The van der Waals surface area contributed by atoms with Crippen LogP contribution < -0.4 is 18.9 Å². The zero-order valence-electron chi connectivity index (χ0n) is 51.0. The minimum Gasteiger partial charge on any atom is -0.504 e. The van der Waals surface area contributed by atoms with Gasteiger partial charge in [-0.25, -0.2) is 0 Å². The van der Waals surface area contributed by atoms with E-state index in [2.05, 4.69) is 71.6 Å². The summed E-state index contributed by atoms with van der Waals surface area (Å²) < 4.78 is 48.4. The fourth-order valence-electron chi connectivity index (χ4n) is 16.4. The summed E-state index contributed by atoms with van der Waals surface area (Å²) in [6, 6.07) is 12.5. The summed E-state index contributed by atoms with van der Waals surface area (Å²) in [5.74, 6) is 3.03. The smallest absolute Gasteiger partial charge is 0.189 e. The molecule has 5 heterocycles. The SMILES string of the molecule is CC12CCC(C)(c3cc(O)c(O)c(CN4CCOCC4)c31)c1c2cc(O)c(O)c1CN1CCOCC1.COc1cc2c(c(CN3CCOCC3)c1OC)C1(C)CCC2(C)c2c1cc1c(c2CN2CCOCC2)Oc2c(C#N)c(C)c(C)c(C#N)c2O1. The Bertz CT molecular complexity index is 3570. The van der Waals surface area contributed by atoms with Gasteiger partial charge in [0, 0.05) is 122 Å². The molecule has 4 unspecified atom stereocenters. The van der Waals surface area contributed by atoms with E-state index in [1.807, 2.05) is 13.8 Å². The third kappa shape index (κ3) is 8.99. The number of benzene rings is 5. The Hall–Kier alpha value is -6.84. The van der Waals surface area contributed by atoms with Crippen molar-refractivity contribution in [1.82, 2.24) is 19.6 Å². The van der Waals surface area contributed by atoms with Gasteiger partial charge in [0.15, 0.2) is 57.5 Å². The number of nitrogens with zero attached hydrogens (tertiary/aromatic N) is 6. The van der Waals surface area contributed by atoms with E-state index >= 15 is 0 Å². The molecule has 4 fully saturated rings. The lowest BCUT2D eigenvalue weighted by Crippen LogP contribution is -2.49. The number of nitriles is 2.